The van der Waals surface area contributed by atoms with E-state index in [1.54, 1.807) is 20.1 Å². The van der Waals surface area contributed by atoms with Crippen LogP contribution >= 0.6 is 0 Å². The van der Waals surface area contributed by atoms with Gasteiger partial charge in [-0.2, -0.15) is 5.10 Å². The van der Waals surface area contributed by atoms with E-state index < -0.39 is 28.8 Å². The second kappa shape index (κ2) is 12.2. The number of halogens is 2. The van der Waals surface area contributed by atoms with Gasteiger partial charge in [-0.15, -0.1) is 0 Å². The summed E-state index contributed by atoms with van der Waals surface area (Å²) in [6.07, 6.45) is 2.62. The summed E-state index contributed by atoms with van der Waals surface area (Å²) < 4.78 is 41.6. The van der Waals surface area contributed by atoms with Crippen LogP contribution in [0.2, 0.25) is 0 Å². The third-order valence-corrected chi connectivity index (χ3v) is 6.46. The highest BCUT2D eigenvalue weighted by atomic mass is 19.1. The largest absolute Gasteiger partial charge is 0.453 e. The van der Waals surface area contributed by atoms with Crippen molar-refractivity contribution in [3.05, 3.63) is 99.0 Å². The van der Waals surface area contributed by atoms with E-state index in [9.17, 15) is 18.8 Å². The monoisotopic (exact) mass is 591 g/mol. The maximum atomic E-state index is 15.2. The maximum Gasteiger partial charge on any atom is 0.335 e. The molecule has 0 aliphatic carbocycles. The fourth-order valence-corrected chi connectivity index (χ4v) is 4.42. The third-order valence-electron chi connectivity index (χ3n) is 6.46. The standard InChI is InChI=1S/C29H27F2N7O5/c1-4-37-14-20(28(40)38(29(37)41)19-8-5-17(30)6-9-19)27(39)34-18-7-10-22(21(31)13-18)43-23-11-12-32-25-24(23)26(36-35-25)33-16(2)15-42-3/h5-14,16H,4,15H2,1-3H3,(H,34,39)(H2,32,33,35,36)/t16-/m0/s1. The molecule has 14 heteroatoms. The zero-order valence-electron chi connectivity index (χ0n) is 23.4. The zero-order chi connectivity index (χ0) is 30.7. The Morgan fingerprint density at radius 1 is 1.09 bits per heavy atom. The van der Waals surface area contributed by atoms with Crippen molar-refractivity contribution in [2.24, 2.45) is 0 Å². The van der Waals surface area contributed by atoms with Crippen molar-refractivity contribution in [3.63, 3.8) is 0 Å². The average molecular weight is 592 g/mol. The molecule has 222 valence electrons. The number of aromatic nitrogens is 5. The quantitative estimate of drug-likeness (QED) is 0.221. The first-order chi connectivity index (χ1) is 20.7. The number of hydrogen-bond donors (Lipinski definition) is 3. The number of aromatic amines is 1. The summed E-state index contributed by atoms with van der Waals surface area (Å²) in [5.74, 6) is -1.62. The van der Waals surface area contributed by atoms with E-state index in [0.717, 1.165) is 29.0 Å². The van der Waals surface area contributed by atoms with Crippen molar-refractivity contribution < 1.29 is 23.0 Å². The molecule has 5 aromatic rings. The molecule has 0 radical (unpaired) electrons. The van der Waals surface area contributed by atoms with Crippen LogP contribution in [0.5, 0.6) is 11.5 Å². The molecule has 0 bridgehead atoms. The summed E-state index contributed by atoms with van der Waals surface area (Å²) in [5, 5.41) is 13.2. The molecule has 0 spiro atoms. The molecule has 3 heterocycles. The van der Waals surface area contributed by atoms with Crippen LogP contribution in [0, 0.1) is 11.6 Å². The molecule has 5 rings (SSSR count). The number of carbonyl (C=O) groups excluding carboxylic acids is 1. The highest BCUT2D eigenvalue weighted by Gasteiger charge is 2.20. The highest BCUT2D eigenvalue weighted by molar-refractivity contribution is 6.04. The molecule has 0 aliphatic heterocycles. The second-order valence-electron chi connectivity index (χ2n) is 9.54. The molecule has 0 fully saturated rings. The van der Waals surface area contributed by atoms with Crippen molar-refractivity contribution >= 4 is 28.4 Å². The molecule has 1 amide bonds. The van der Waals surface area contributed by atoms with Crippen LogP contribution in [0.1, 0.15) is 24.2 Å². The lowest BCUT2D eigenvalue weighted by atomic mass is 10.2. The fraction of sp³-hybridized carbons (Fsp3) is 0.207. The van der Waals surface area contributed by atoms with Gasteiger partial charge >= 0.3 is 5.69 Å². The lowest BCUT2D eigenvalue weighted by Gasteiger charge is -2.14. The van der Waals surface area contributed by atoms with E-state index in [2.05, 4.69) is 25.8 Å². The molecule has 3 aromatic heterocycles. The minimum absolute atomic E-state index is 0.0377. The Morgan fingerprint density at radius 2 is 1.86 bits per heavy atom. The summed E-state index contributed by atoms with van der Waals surface area (Å²) in [6.45, 7) is 4.15. The van der Waals surface area contributed by atoms with E-state index in [1.807, 2.05) is 6.92 Å². The van der Waals surface area contributed by atoms with E-state index in [1.165, 1.54) is 35.0 Å². The van der Waals surface area contributed by atoms with Gasteiger partial charge in [-0.25, -0.2) is 23.1 Å². The summed E-state index contributed by atoms with van der Waals surface area (Å²) >= 11 is 0. The molecule has 2 aromatic carbocycles. The van der Waals surface area contributed by atoms with Crippen molar-refractivity contribution in [1.82, 2.24) is 24.3 Å². The van der Waals surface area contributed by atoms with Gasteiger partial charge in [0.2, 0.25) is 0 Å². The Morgan fingerprint density at radius 3 is 2.56 bits per heavy atom. The number of ether oxygens (including phenoxy) is 2. The number of nitrogens with zero attached hydrogens (tertiary/aromatic N) is 4. The molecular weight excluding hydrogens is 564 g/mol. The van der Waals surface area contributed by atoms with Gasteiger partial charge in [0.1, 0.15) is 22.5 Å². The Hall–Kier alpha value is -5.37. The van der Waals surface area contributed by atoms with E-state index in [0.29, 0.717) is 23.5 Å². The lowest BCUT2D eigenvalue weighted by Crippen LogP contribution is -2.42. The Bertz CT molecular complexity index is 1920. The number of benzene rings is 2. The number of fused-ring (bicyclic) bond motifs is 1. The van der Waals surface area contributed by atoms with Crippen molar-refractivity contribution in [2.75, 3.05) is 24.4 Å². The van der Waals surface area contributed by atoms with Gasteiger partial charge in [-0.05, 0) is 50.2 Å². The van der Waals surface area contributed by atoms with Crippen molar-refractivity contribution in [3.8, 4) is 17.2 Å². The molecular formula is C29H27F2N7O5. The number of methoxy groups -OCH3 is 1. The summed E-state index contributed by atoms with van der Waals surface area (Å²) in [4.78, 5) is 43.4. The first kappa shape index (κ1) is 29.1. The van der Waals surface area contributed by atoms with Gasteiger partial charge in [-0.1, -0.05) is 0 Å². The Kier molecular flexibility index (Phi) is 8.29. The molecule has 0 saturated carbocycles. The smallest absolute Gasteiger partial charge is 0.335 e. The molecule has 1 atom stereocenters. The first-order valence-corrected chi connectivity index (χ1v) is 13.2. The molecule has 3 N–H and O–H groups in total. The van der Waals surface area contributed by atoms with Gasteiger partial charge in [-0.3, -0.25) is 19.3 Å². The van der Waals surface area contributed by atoms with Crippen molar-refractivity contribution in [2.45, 2.75) is 26.4 Å². The van der Waals surface area contributed by atoms with Crippen LogP contribution in [0.15, 0.2) is 70.5 Å². The molecule has 0 saturated heterocycles. The number of H-pyrrole nitrogens is 1. The Balaban J connectivity index is 1.41. The normalized spacial score (nSPS) is 11.8. The van der Waals surface area contributed by atoms with Gasteiger partial charge in [0.25, 0.3) is 11.5 Å². The van der Waals surface area contributed by atoms with Gasteiger partial charge in [0, 0.05) is 49.9 Å². The minimum atomic E-state index is -0.912. The topological polar surface area (TPSA) is 145 Å². The molecule has 0 aliphatic rings. The minimum Gasteiger partial charge on any atom is -0.453 e. The van der Waals surface area contributed by atoms with Crippen LogP contribution in [-0.2, 0) is 11.3 Å². The van der Waals surface area contributed by atoms with E-state index in [-0.39, 0.29) is 41.0 Å². The third kappa shape index (κ3) is 5.99. The Labute approximate surface area is 242 Å². The number of nitrogens with one attached hydrogen (secondary N) is 3. The second-order valence-corrected chi connectivity index (χ2v) is 9.54. The van der Waals surface area contributed by atoms with Crippen LogP contribution in [0.4, 0.5) is 20.3 Å². The lowest BCUT2D eigenvalue weighted by molar-refractivity contribution is 0.102. The number of rotatable bonds is 10. The van der Waals surface area contributed by atoms with Crippen LogP contribution in [0.25, 0.3) is 16.7 Å². The van der Waals surface area contributed by atoms with Crippen LogP contribution in [-0.4, -0.2) is 50.0 Å². The van der Waals surface area contributed by atoms with Gasteiger partial charge in [0.05, 0.1) is 12.3 Å². The van der Waals surface area contributed by atoms with Gasteiger partial charge in [0.15, 0.2) is 23.0 Å². The van der Waals surface area contributed by atoms with E-state index >= 15 is 4.39 Å². The highest BCUT2D eigenvalue weighted by Crippen LogP contribution is 2.34. The number of hydrogen-bond acceptors (Lipinski definition) is 8. The van der Waals surface area contributed by atoms with Crippen LogP contribution < -0.4 is 26.6 Å². The summed E-state index contributed by atoms with van der Waals surface area (Å²) in [5.41, 5.74) is -1.42. The van der Waals surface area contributed by atoms with Crippen LogP contribution in [0.3, 0.4) is 0 Å². The maximum absolute atomic E-state index is 15.2. The number of anilines is 2. The summed E-state index contributed by atoms with van der Waals surface area (Å²) in [7, 11) is 1.58. The van der Waals surface area contributed by atoms with Crippen molar-refractivity contribution in [1.29, 1.82) is 0 Å². The first-order valence-electron chi connectivity index (χ1n) is 13.2. The number of aryl methyl sites for hydroxylation is 1. The molecule has 12 nitrogen and oxygen atoms in total. The number of carbonyl (C=O) groups is 1. The summed E-state index contributed by atoms with van der Waals surface area (Å²) in [6, 6.07) is 9.95. The van der Waals surface area contributed by atoms with Gasteiger partial charge < -0.3 is 20.1 Å². The average Bonchev–Trinajstić information content (AvgIpc) is 3.39. The van der Waals surface area contributed by atoms with E-state index in [4.69, 9.17) is 9.47 Å². The fourth-order valence-electron chi connectivity index (χ4n) is 4.42. The SMILES string of the molecule is CCn1cc(C(=O)Nc2ccc(Oc3ccnc4[nH]nc(N[C@@H](C)COC)c34)c(F)c2)c(=O)n(-c2ccc(F)cc2)c1=O. The molecule has 0 unspecified atom stereocenters. The zero-order valence-corrected chi connectivity index (χ0v) is 23.4. The predicted octanol–water partition coefficient (Wildman–Crippen LogP) is 4.06. The predicted molar refractivity (Wildman–Crippen MR) is 155 cm³/mol. The number of pyridine rings is 1. The molecule has 43 heavy (non-hydrogen) atoms. The number of amides is 1.